The molecule has 0 unspecified atom stereocenters. The summed E-state index contributed by atoms with van der Waals surface area (Å²) < 4.78 is 43.8. The number of hydrogen-bond donors (Lipinski definition) is 1. The van der Waals surface area contributed by atoms with E-state index in [-0.39, 0.29) is 40.2 Å². The van der Waals surface area contributed by atoms with Gasteiger partial charge in [-0.1, -0.05) is 84.4 Å². The number of nitrogens with zero attached hydrogens (tertiary/aromatic N) is 2. The average Bonchev–Trinajstić information content (AvgIpc) is 2.99. The van der Waals surface area contributed by atoms with Crippen molar-refractivity contribution in [3.05, 3.63) is 131 Å². The molecule has 0 saturated heterocycles. The topological polar surface area (TPSA) is 86.8 Å². The summed E-state index contributed by atoms with van der Waals surface area (Å²) in [4.78, 5) is 29.2. The molecular formula is C33H33ClFN3O4S. The van der Waals surface area contributed by atoms with Crippen LogP contribution in [0.5, 0.6) is 0 Å². The van der Waals surface area contributed by atoms with E-state index in [9.17, 15) is 22.4 Å². The van der Waals surface area contributed by atoms with E-state index in [0.29, 0.717) is 0 Å². The molecule has 0 aromatic heterocycles. The molecule has 0 fully saturated rings. The second-order valence-corrected chi connectivity index (χ2v) is 12.6. The van der Waals surface area contributed by atoms with Gasteiger partial charge in [0, 0.05) is 29.6 Å². The highest BCUT2D eigenvalue weighted by Gasteiger charge is 2.35. The molecule has 4 aromatic rings. The third-order valence-electron chi connectivity index (χ3n) is 6.71. The van der Waals surface area contributed by atoms with Gasteiger partial charge in [0.05, 0.1) is 10.6 Å². The lowest BCUT2D eigenvalue weighted by molar-refractivity contribution is -0.140. The zero-order valence-electron chi connectivity index (χ0n) is 23.9. The molecule has 0 aliphatic heterocycles. The Kier molecular flexibility index (Phi) is 10.6. The van der Waals surface area contributed by atoms with Gasteiger partial charge >= 0.3 is 0 Å². The van der Waals surface area contributed by atoms with Crippen LogP contribution >= 0.6 is 11.6 Å². The Balaban J connectivity index is 1.81. The molecule has 10 heteroatoms. The molecule has 1 atom stereocenters. The van der Waals surface area contributed by atoms with Crippen molar-refractivity contribution in [3.63, 3.8) is 0 Å². The molecule has 0 bridgehead atoms. The number of carbonyl (C=O) groups is 2. The predicted molar refractivity (Wildman–Crippen MR) is 167 cm³/mol. The second kappa shape index (κ2) is 14.3. The summed E-state index contributed by atoms with van der Waals surface area (Å²) in [6, 6.07) is 27.7. The minimum absolute atomic E-state index is 0.0261. The lowest BCUT2D eigenvalue weighted by Gasteiger charge is -2.34. The van der Waals surface area contributed by atoms with Gasteiger partial charge in [-0.2, -0.15) is 0 Å². The molecule has 2 amide bonds. The van der Waals surface area contributed by atoms with E-state index >= 15 is 0 Å². The highest BCUT2D eigenvalue weighted by molar-refractivity contribution is 7.92. The van der Waals surface area contributed by atoms with Gasteiger partial charge < -0.3 is 10.2 Å². The first kappa shape index (κ1) is 31.7. The number of rotatable bonds is 12. The molecular weight excluding hydrogens is 589 g/mol. The van der Waals surface area contributed by atoms with Gasteiger partial charge in [0.2, 0.25) is 11.8 Å². The van der Waals surface area contributed by atoms with E-state index in [2.05, 4.69) is 5.32 Å². The van der Waals surface area contributed by atoms with Gasteiger partial charge in [0.1, 0.15) is 18.4 Å². The zero-order chi connectivity index (χ0) is 31.0. The average molecular weight is 622 g/mol. The summed E-state index contributed by atoms with van der Waals surface area (Å²) in [6.45, 7) is 2.68. The summed E-state index contributed by atoms with van der Waals surface area (Å²) in [5.41, 5.74) is 1.13. The van der Waals surface area contributed by atoms with Crippen LogP contribution in [0.15, 0.2) is 114 Å². The first-order chi connectivity index (χ1) is 20.6. The Bertz CT molecular complexity index is 1650. The van der Waals surface area contributed by atoms with Crippen LogP contribution in [0.2, 0.25) is 5.02 Å². The van der Waals surface area contributed by atoms with Crippen molar-refractivity contribution in [1.82, 2.24) is 10.2 Å². The second-order valence-electron chi connectivity index (χ2n) is 10.3. The summed E-state index contributed by atoms with van der Waals surface area (Å²) in [7, 11) is -4.25. The van der Waals surface area contributed by atoms with E-state index < -0.39 is 40.2 Å². The Morgan fingerprint density at radius 1 is 0.860 bits per heavy atom. The van der Waals surface area contributed by atoms with E-state index in [1.54, 1.807) is 50.2 Å². The summed E-state index contributed by atoms with van der Waals surface area (Å²) in [5.74, 6) is -1.68. The molecule has 0 aliphatic rings. The van der Waals surface area contributed by atoms with Gasteiger partial charge in [-0.05, 0) is 55.8 Å². The Hall–Kier alpha value is -4.21. The first-order valence-corrected chi connectivity index (χ1v) is 15.6. The van der Waals surface area contributed by atoms with Crippen molar-refractivity contribution >= 4 is 39.1 Å². The van der Waals surface area contributed by atoms with E-state index in [1.165, 1.54) is 47.4 Å². The third kappa shape index (κ3) is 8.21. The number of sulfonamides is 1. The maximum absolute atomic E-state index is 14.9. The number of halogens is 2. The van der Waals surface area contributed by atoms with Crippen molar-refractivity contribution in [2.75, 3.05) is 10.8 Å². The van der Waals surface area contributed by atoms with Crippen LogP contribution in [-0.4, -0.2) is 43.8 Å². The van der Waals surface area contributed by atoms with Crippen LogP contribution < -0.4 is 9.62 Å². The minimum Gasteiger partial charge on any atom is -0.352 e. The lowest BCUT2D eigenvalue weighted by Crippen LogP contribution is -2.54. The molecule has 224 valence electrons. The number of benzene rings is 4. The number of hydrogen-bond acceptors (Lipinski definition) is 4. The quantitative estimate of drug-likeness (QED) is 0.215. The minimum atomic E-state index is -4.25. The number of amides is 2. The fourth-order valence-corrected chi connectivity index (χ4v) is 6.24. The number of anilines is 1. The molecule has 0 heterocycles. The van der Waals surface area contributed by atoms with E-state index in [4.69, 9.17) is 11.6 Å². The molecule has 0 spiro atoms. The molecule has 43 heavy (non-hydrogen) atoms. The van der Waals surface area contributed by atoms with Crippen molar-refractivity contribution in [1.29, 1.82) is 0 Å². The summed E-state index contributed by atoms with van der Waals surface area (Å²) in [5, 5.41) is 3.15. The summed E-state index contributed by atoms with van der Waals surface area (Å²) in [6.07, 6.45) is 0.127. The fraction of sp³-hybridized carbons (Fsp3) is 0.212. The molecule has 0 saturated carbocycles. The Morgan fingerprint density at radius 3 is 2.12 bits per heavy atom. The largest absolute Gasteiger partial charge is 0.352 e. The SMILES string of the molecule is CC(C)NC(=O)[C@@H](Cc1ccccc1)N(Cc1ccccc1F)C(=O)CN(c1cccc(Cl)c1)S(=O)(=O)c1ccccc1. The molecule has 0 aliphatic carbocycles. The first-order valence-electron chi connectivity index (χ1n) is 13.8. The van der Waals surface area contributed by atoms with E-state index in [1.807, 2.05) is 30.3 Å². The third-order valence-corrected chi connectivity index (χ3v) is 8.73. The summed E-state index contributed by atoms with van der Waals surface area (Å²) >= 11 is 6.23. The molecule has 4 aromatic carbocycles. The van der Waals surface area contributed by atoms with E-state index in [0.717, 1.165) is 9.87 Å². The zero-order valence-corrected chi connectivity index (χ0v) is 25.4. The van der Waals surface area contributed by atoms with Crippen LogP contribution in [-0.2, 0) is 32.6 Å². The Labute approximate surface area is 257 Å². The lowest BCUT2D eigenvalue weighted by atomic mass is 10.0. The van der Waals surface area contributed by atoms with Crippen LogP contribution in [0.4, 0.5) is 10.1 Å². The van der Waals surface area contributed by atoms with Crippen molar-refractivity contribution in [3.8, 4) is 0 Å². The number of nitrogens with one attached hydrogen (secondary N) is 1. The maximum Gasteiger partial charge on any atom is 0.264 e. The Morgan fingerprint density at radius 2 is 1.49 bits per heavy atom. The molecule has 7 nitrogen and oxygen atoms in total. The van der Waals surface area contributed by atoms with Gasteiger partial charge in [-0.25, -0.2) is 12.8 Å². The van der Waals surface area contributed by atoms with Crippen LogP contribution in [0.25, 0.3) is 0 Å². The van der Waals surface area contributed by atoms with Crippen LogP contribution in [0.1, 0.15) is 25.0 Å². The highest BCUT2D eigenvalue weighted by atomic mass is 35.5. The smallest absolute Gasteiger partial charge is 0.264 e. The predicted octanol–water partition coefficient (Wildman–Crippen LogP) is 5.84. The fourth-order valence-electron chi connectivity index (χ4n) is 4.62. The van der Waals surface area contributed by atoms with Crippen LogP contribution in [0.3, 0.4) is 0 Å². The van der Waals surface area contributed by atoms with Crippen molar-refractivity contribution in [2.45, 2.75) is 43.8 Å². The standard InChI is InChI=1S/C33H33ClFN3O4S/c1-24(2)36-33(40)31(20-25-12-5-3-6-13-25)37(22-26-14-9-10-19-30(26)35)32(39)23-38(28-16-11-15-27(34)21-28)43(41,42)29-17-7-4-8-18-29/h3-19,21,24,31H,20,22-23H2,1-2H3,(H,36,40)/t31-/m1/s1. The molecule has 1 N–H and O–H groups in total. The molecule has 4 rings (SSSR count). The number of carbonyl (C=O) groups excluding carboxylic acids is 2. The maximum atomic E-state index is 14.9. The highest BCUT2D eigenvalue weighted by Crippen LogP contribution is 2.27. The van der Waals surface area contributed by atoms with Crippen molar-refractivity contribution < 1.29 is 22.4 Å². The van der Waals surface area contributed by atoms with Gasteiger partial charge in [-0.3, -0.25) is 13.9 Å². The normalized spacial score (nSPS) is 12.0. The van der Waals surface area contributed by atoms with Crippen molar-refractivity contribution in [2.24, 2.45) is 0 Å². The van der Waals surface area contributed by atoms with Gasteiger partial charge in [0.25, 0.3) is 10.0 Å². The monoisotopic (exact) mass is 621 g/mol. The van der Waals surface area contributed by atoms with Gasteiger partial charge in [0.15, 0.2) is 0 Å². The van der Waals surface area contributed by atoms with Gasteiger partial charge in [-0.15, -0.1) is 0 Å². The molecule has 0 radical (unpaired) electrons. The van der Waals surface area contributed by atoms with Crippen LogP contribution in [0, 0.1) is 5.82 Å².